The molecule has 0 bridgehead atoms. The van der Waals surface area contributed by atoms with Gasteiger partial charge in [-0.25, -0.2) is 4.98 Å². The molecule has 5 heteroatoms. The van der Waals surface area contributed by atoms with Crippen molar-refractivity contribution >= 4 is 23.0 Å². The maximum absolute atomic E-state index is 9.68. The van der Waals surface area contributed by atoms with E-state index in [1.165, 1.54) is 6.07 Å². The monoisotopic (exact) mass is 235 g/mol. The summed E-state index contributed by atoms with van der Waals surface area (Å²) in [7, 11) is 0. The van der Waals surface area contributed by atoms with E-state index in [0.717, 1.165) is 0 Å². The van der Waals surface area contributed by atoms with E-state index >= 15 is 0 Å². The van der Waals surface area contributed by atoms with Gasteiger partial charge in [-0.1, -0.05) is 23.7 Å². The number of rotatable bonds is 1. The van der Waals surface area contributed by atoms with Crippen LogP contribution in [0.5, 0.6) is 5.75 Å². The van der Waals surface area contributed by atoms with E-state index in [-0.39, 0.29) is 10.9 Å². The van der Waals surface area contributed by atoms with Crippen LogP contribution >= 0.6 is 11.6 Å². The van der Waals surface area contributed by atoms with E-state index in [4.69, 9.17) is 23.1 Å². The summed E-state index contributed by atoms with van der Waals surface area (Å²) in [5.41, 5.74) is 13.0. The normalized spacial score (nSPS) is 10.3. The van der Waals surface area contributed by atoms with E-state index in [1.807, 2.05) is 0 Å². The molecule has 5 N–H and O–H groups in total. The summed E-state index contributed by atoms with van der Waals surface area (Å²) in [5, 5.41) is 9.85. The highest BCUT2D eigenvalue weighted by Crippen LogP contribution is 2.34. The van der Waals surface area contributed by atoms with Gasteiger partial charge in [0.05, 0.1) is 17.1 Å². The fourth-order valence-corrected chi connectivity index (χ4v) is 1.55. The molecule has 1 aromatic carbocycles. The molecule has 4 nitrogen and oxygen atoms in total. The van der Waals surface area contributed by atoms with Gasteiger partial charge >= 0.3 is 0 Å². The number of nitrogens with zero attached hydrogens (tertiary/aromatic N) is 1. The third kappa shape index (κ3) is 1.75. The summed E-state index contributed by atoms with van der Waals surface area (Å²) in [4.78, 5) is 4.06. The largest absolute Gasteiger partial charge is 0.507 e. The smallest absolute Gasteiger partial charge is 0.152 e. The minimum atomic E-state index is 0.0996. The predicted octanol–water partition coefficient (Wildman–Crippen LogP) is 2.27. The molecule has 0 aliphatic rings. The number of halogens is 1. The Bertz CT molecular complexity index is 543. The van der Waals surface area contributed by atoms with E-state index in [0.29, 0.717) is 22.6 Å². The van der Waals surface area contributed by atoms with Crippen LogP contribution in [0.1, 0.15) is 0 Å². The third-order valence-electron chi connectivity index (χ3n) is 2.19. The number of phenols is 1. The number of anilines is 2. The van der Waals surface area contributed by atoms with Crippen molar-refractivity contribution in [3.8, 4) is 17.0 Å². The Balaban J connectivity index is 2.65. The van der Waals surface area contributed by atoms with E-state index < -0.39 is 0 Å². The summed E-state index contributed by atoms with van der Waals surface area (Å²) in [6.45, 7) is 0. The SMILES string of the molecule is Nc1cc(N)c(-c2ccccc2O)nc1Cl. The Morgan fingerprint density at radius 3 is 2.50 bits per heavy atom. The number of hydrogen-bond donors (Lipinski definition) is 3. The zero-order chi connectivity index (χ0) is 11.7. The van der Waals surface area contributed by atoms with Gasteiger partial charge in [0.15, 0.2) is 5.15 Å². The molecule has 0 aliphatic heterocycles. The lowest BCUT2D eigenvalue weighted by Crippen LogP contribution is -1.98. The van der Waals surface area contributed by atoms with Crippen LogP contribution in [0.25, 0.3) is 11.3 Å². The highest BCUT2D eigenvalue weighted by molar-refractivity contribution is 6.32. The summed E-state index contributed by atoms with van der Waals surface area (Å²) < 4.78 is 0. The molecule has 0 spiro atoms. The van der Waals surface area contributed by atoms with Gasteiger partial charge in [0.25, 0.3) is 0 Å². The first kappa shape index (κ1) is 10.6. The van der Waals surface area contributed by atoms with Crippen molar-refractivity contribution in [2.24, 2.45) is 0 Å². The van der Waals surface area contributed by atoms with E-state index in [2.05, 4.69) is 4.98 Å². The molecule has 82 valence electrons. The minimum absolute atomic E-state index is 0.0996. The summed E-state index contributed by atoms with van der Waals surface area (Å²) in [5.74, 6) is 0.0996. The van der Waals surface area contributed by atoms with Gasteiger partial charge < -0.3 is 16.6 Å². The second-order valence-corrected chi connectivity index (χ2v) is 3.68. The van der Waals surface area contributed by atoms with Gasteiger partial charge in [-0.3, -0.25) is 0 Å². The van der Waals surface area contributed by atoms with Gasteiger partial charge in [-0.05, 0) is 18.2 Å². The fourth-order valence-electron chi connectivity index (χ4n) is 1.41. The average molecular weight is 236 g/mol. The predicted molar refractivity (Wildman–Crippen MR) is 65.2 cm³/mol. The van der Waals surface area contributed by atoms with Gasteiger partial charge in [0.2, 0.25) is 0 Å². The van der Waals surface area contributed by atoms with Crippen LogP contribution in [-0.2, 0) is 0 Å². The Morgan fingerprint density at radius 1 is 1.12 bits per heavy atom. The number of nitrogen functional groups attached to an aromatic ring is 2. The zero-order valence-electron chi connectivity index (χ0n) is 8.31. The van der Waals surface area contributed by atoms with Crippen LogP contribution in [-0.4, -0.2) is 10.1 Å². The lowest BCUT2D eigenvalue weighted by Gasteiger charge is -2.08. The van der Waals surface area contributed by atoms with Crippen molar-refractivity contribution in [2.45, 2.75) is 0 Å². The fraction of sp³-hybridized carbons (Fsp3) is 0. The molecule has 0 atom stereocenters. The molecule has 16 heavy (non-hydrogen) atoms. The first-order valence-electron chi connectivity index (χ1n) is 4.59. The molecule has 0 amide bonds. The van der Waals surface area contributed by atoms with E-state index in [1.54, 1.807) is 24.3 Å². The quantitative estimate of drug-likeness (QED) is 0.662. The van der Waals surface area contributed by atoms with Crippen molar-refractivity contribution in [3.63, 3.8) is 0 Å². The summed E-state index contributed by atoms with van der Waals surface area (Å²) >= 11 is 5.81. The number of pyridine rings is 1. The number of phenolic OH excluding ortho intramolecular Hbond substituents is 1. The zero-order valence-corrected chi connectivity index (χ0v) is 9.07. The topological polar surface area (TPSA) is 85.2 Å². The standard InChI is InChI=1S/C11H10ClN3O/c12-11-8(14)5-7(13)10(15-11)6-3-1-2-4-9(6)16/h1-5,16H,13-14H2. The third-order valence-corrected chi connectivity index (χ3v) is 2.49. The Kier molecular flexibility index (Phi) is 2.58. The maximum atomic E-state index is 9.68. The summed E-state index contributed by atoms with van der Waals surface area (Å²) in [6, 6.07) is 8.28. The molecular weight excluding hydrogens is 226 g/mol. The van der Waals surface area contributed by atoms with Crippen molar-refractivity contribution in [2.75, 3.05) is 11.5 Å². The van der Waals surface area contributed by atoms with Crippen LogP contribution in [0, 0.1) is 0 Å². The van der Waals surface area contributed by atoms with Crippen molar-refractivity contribution in [1.29, 1.82) is 0 Å². The van der Waals surface area contributed by atoms with Crippen LogP contribution in [0.15, 0.2) is 30.3 Å². The molecule has 0 radical (unpaired) electrons. The summed E-state index contributed by atoms with van der Waals surface area (Å²) in [6.07, 6.45) is 0. The molecule has 1 heterocycles. The number of nitrogens with two attached hydrogens (primary N) is 2. The molecule has 0 unspecified atom stereocenters. The molecule has 0 aliphatic carbocycles. The lowest BCUT2D eigenvalue weighted by atomic mass is 10.1. The number of benzene rings is 1. The molecule has 2 aromatic rings. The van der Waals surface area contributed by atoms with Gasteiger partial charge in [-0.15, -0.1) is 0 Å². The van der Waals surface area contributed by atoms with Gasteiger partial charge in [0.1, 0.15) is 5.75 Å². The molecule has 1 aromatic heterocycles. The molecule has 0 fully saturated rings. The van der Waals surface area contributed by atoms with Crippen LogP contribution < -0.4 is 11.5 Å². The first-order chi connectivity index (χ1) is 7.59. The Hall–Kier alpha value is -1.94. The van der Waals surface area contributed by atoms with Gasteiger partial charge in [-0.2, -0.15) is 0 Å². The Morgan fingerprint density at radius 2 is 1.81 bits per heavy atom. The molecule has 2 rings (SSSR count). The second kappa shape index (κ2) is 3.90. The maximum Gasteiger partial charge on any atom is 0.152 e. The lowest BCUT2D eigenvalue weighted by molar-refractivity contribution is 0.477. The molecule has 0 saturated carbocycles. The first-order valence-corrected chi connectivity index (χ1v) is 4.97. The van der Waals surface area contributed by atoms with Gasteiger partial charge in [0, 0.05) is 5.56 Å². The van der Waals surface area contributed by atoms with E-state index in [9.17, 15) is 5.11 Å². The average Bonchev–Trinajstić information content (AvgIpc) is 2.25. The minimum Gasteiger partial charge on any atom is -0.507 e. The van der Waals surface area contributed by atoms with Crippen LogP contribution in [0.2, 0.25) is 5.15 Å². The number of aromatic hydroxyl groups is 1. The highest BCUT2D eigenvalue weighted by Gasteiger charge is 2.11. The van der Waals surface area contributed by atoms with Crippen LogP contribution in [0.3, 0.4) is 0 Å². The number of hydrogen-bond acceptors (Lipinski definition) is 4. The van der Waals surface area contributed by atoms with Crippen molar-refractivity contribution in [3.05, 3.63) is 35.5 Å². The second-order valence-electron chi connectivity index (χ2n) is 3.32. The molecule has 0 saturated heterocycles. The number of aromatic nitrogens is 1. The number of para-hydroxylation sites is 1. The highest BCUT2D eigenvalue weighted by atomic mass is 35.5. The van der Waals surface area contributed by atoms with Crippen LogP contribution in [0.4, 0.5) is 11.4 Å². The molecular formula is C11H10ClN3O. The van der Waals surface area contributed by atoms with Crippen molar-refractivity contribution in [1.82, 2.24) is 4.98 Å². The van der Waals surface area contributed by atoms with Crippen molar-refractivity contribution < 1.29 is 5.11 Å². The Labute approximate surface area is 97.5 Å².